The van der Waals surface area contributed by atoms with E-state index in [2.05, 4.69) is 0 Å². The monoisotopic (exact) mass is 125 g/mol. The normalized spacial score (nSPS) is 29.3. The Balaban J connectivity index is 2.70. The highest BCUT2D eigenvalue weighted by atomic mass is 16.1. The minimum Gasteiger partial charge on any atom is -0.369 e. The summed E-state index contributed by atoms with van der Waals surface area (Å²) in [6, 6.07) is 0. The second-order valence-electron chi connectivity index (χ2n) is 3.06. The molecule has 0 saturated carbocycles. The molecule has 0 aliphatic heterocycles. The number of allylic oxidation sites excluding steroid dienone is 1. The minimum atomic E-state index is -0.220. The van der Waals surface area contributed by atoms with Crippen molar-refractivity contribution in [3.05, 3.63) is 12.2 Å². The van der Waals surface area contributed by atoms with E-state index in [4.69, 9.17) is 5.73 Å². The molecule has 0 spiro atoms. The molecule has 1 atom stereocenters. The molecule has 50 valence electrons. The van der Waals surface area contributed by atoms with Crippen molar-refractivity contribution >= 4 is 5.91 Å². The van der Waals surface area contributed by atoms with Crippen LogP contribution in [0.25, 0.3) is 0 Å². The molecule has 1 rings (SSSR count). The molecular formula is C7H11NO. The average molecular weight is 125 g/mol. The lowest BCUT2D eigenvalue weighted by atomic mass is 9.70. The maximum absolute atomic E-state index is 10.6. The fourth-order valence-electron chi connectivity index (χ4n) is 1.04. The van der Waals surface area contributed by atoms with Gasteiger partial charge >= 0.3 is 0 Å². The fourth-order valence-corrected chi connectivity index (χ4v) is 1.04. The van der Waals surface area contributed by atoms with Crippen molar-refractivity contribution in [3.63, 3.8) is 0 Å². The number of rotatable bonds is 1. The third-order valence-corrected chi connectivity index (χ3v) is 1.83. The fraction of sp³-hybridized carbons (Fsp3) is 0.571. The summed E-state index contributed by atoms with van der Waals surface area (Å²) in [5.74, 6) is -0.264. The van der Waals surface area contributed by atoms with Crippen LogP contribution in [0.5, 0.6) is 0 Å². The van der Waals surface area contributed by atoms with Crippen LogP contribution in [0.3, 0.4) is 0 Å². The molecule has 0 bridgehead atoms. The zero-order valence-corrected chi connectivity index (χ0v) is 5.72. The predicted molar refractivity (Wildman–Crippen MR) is 35.6 cm³/mol. The third-order valence-electron chi connectivity index (χ3n) is 1.83. The summed E-state index contributed by atoms with van der Waals surface area (Å²) in [7, 11) is 0. The van der Waals surface area contributed by atoms with E-state index in [-0.39, 0.29) is 17.2 Å². The first-order valence-electron chi connectivity index (χ1n) is 3.03. The molecular weight excluding hydrogens is 114 g/mol. The molecule has 0 aromatic rings. The molecule has 9 heavy (non-hydrogen) atoms. The standard InChI is InChI=1S/C7H11NO/c1-7(2)4-3-5(7)6(8)9/h3-5H,1-2H3,(H2,8,9). The first kappa shape index (κ1) is 6.33. The number of nitrogens with two attached hydrogens (primary N) is 1. The second-order valence-corrected chi connectivity index (χ2v) is 3.06. The van der Waals surface area contributed by atoms with Crippen LogP contribution < -0.4 is 5.73 Å². The molecule has 1 unspecified atom stereocenters. The zero-order valence-electron chi connectivity index (χ0n) is 5.72. The Bertz CT molecular complexity index is 170. The molecule has 2 N–H and O–H groups in total. The van der Waals surface area contributed by atoms with E-state index in [0.717, 1.165) is 0 Å². The molecule has 1 aliphatic rings. The second kappa shape index (κ2) is 1.59. The van der Waals surface area contributed by atoms with E-state index in [9.17, 15) is 4.79 Å². The topological polar surface area (TPSA) is 43.1 Å². The predicted octanol–water partition coefficient (Wildman–Crippen LogP) is 0.684. The summed E-state index contributed by atoms with van der Waals surface area (Å²) in [4.78, 5) is 10.6. The molecule has 1 amide bonds. The lowest BCUT2D eigenvalue weighted by Gasteiger charge is -2.34. The summed E-state index contributed by atoms with van der Waals surface area (Å²) in [6.45, 7) is 4.00. The van der Waals surface area contributed by atoms with Gasteiger partial charge in [-0.15, -0.1) is 0 Å². The van der Waals surface area contributed by atoms with Gasteiger partial charge in [-0.2, -0.15) is 0 Å². The van der Waals surface area contributed by atoms with E-state index < -0.39 is 0 Å². The van der Waals surface area contributed by atoms with E-state index in [1.54, 1.807) is 0 Å². The summed E-state index contributed by atoms with van der Waals surface area (Å²) in [6.07, 6.45) is 3.85. The molecule has 1 aliphatic carbocycles. The molecule has 0 saturated heterocycles. The Morgan fingerprint density at radius 1 is 1.67 bits per heavy atom. The Hall–Kier alpha value is -0.790. The molecule has 0 fully saturated rings. The first-order valence-corrected chi connectivity index (χ1v) is 3.03. The van der Waals surface area contributed by atoms with E-state index in [0.29, 0.717) is 0 Å². The highest BCUT2D eigenvalue weighted by Crippen LogP contribution is 2.37. The number of amides is 1. The van der Waals surface area contributed by atoms with Gasteiger partial charge in [0.1, 0.15) is 0 Å². The maximum Gasteiger partial charge on any atom is 0.225 e. The van der Waals surface area contributed by atoms with Crippen LogP contribution in [0.4, 0.5) is 0 Å². The van der Waals surface area contributed by atoms with Crippen LogP contribution in [0.15, 0.2) is 12.2 Å². The maximum atomic E-state index is 10.6. The molecule has 0 aromatic heterocycles. The van der Waals surface area contributed by atoms with E-state index >= 15 is 0 Å². The van der Waals surface area contributed by atoms with Gasteiger partial charge in [-0.3, -0.25) is 4.79 Å². The number of carbonyl (C=O) groups is 1. The van der Waals surface area contributed by atoms with Crippen LogP contribution >= 0.6 is 0 Å². The Morgan fingerprint density at radius 3 is 2.22 bits per heavy atom. The van der Waals surface area contributed by atoms with Crippen LogP contribution in [0, 0.1) is 11.3 Å². The SMILES string of the molecule is CC1(C)C=CC1C(N)=O. The molecule has 0 radical (unpaired) electrons. The van der Waals surface area contributed by atoms with Crippen molar-refractivity contribution < 1.29 is 4.79 Å². The molecule has 2 nitrogen and oxygen atoms in total. The highest BCUT2D eigenvalue weighted by Gasteiger charge is 2.35. The van der Waals surface area contributed by atoms with Gasteiger partial charge in [0, 0.05) is 0 Å². The van der Waals surface area contributed by atoms with Gasteiger partial charge in [0.05, 0.1) is 5.92 Å². The highest BCUT2D eigenvalue weighted by molar-refractivity contribution is 5.81. The average Bonchev–Trinajstić information content (AvgIpc) is 1.62. The number of hydrogen-bond acceptors (Lipinski definition) is 1. The molecule has 0 aromatic carbocycles. The van der Waals surface area contributed by atoms with E-state index in [1.165, 1.54) is 0 Å². The summed E-state index contributed by atoms with van der Waals surface area (Å²) < 4.78 is 0. The minimum absolute atomic E-state index is 0.00579. The van der Waals surface area contributed by atoms with Crippen LogP contribution in [-0.4, -0.2) is 5.91 Å². The van der Waals surface area contributed by atoms with Crippen LogP contribution in [0.1, 0.15) is 13.8 Å². The first-order chi connectivity index (χ1) is 4.04. The van der Waals surface area contributed by atoms with Gasteiger partial charge in [-0.25, -0.2) is 0 Å². The number of hydrogen-bond donors (Lipinski definition) is 1. The van der Waals surface area contributed by atoms with Gasteiger partial charge in [0.25, 0.3) is 0 Å². The van der Waals surface area contributed by atoms with Crippen LogP contribution in [-0.2, 0) is 4.79 Å². The van der Waals surface area contributed by atoms with Crippen LogP contribution in [0.2, 0.25) is 0 Å². The smallest absolute Gasteiger partial charge is 0.225 e. The van der Waals surface area contributed by atoms with E-state index in [1.807, 2.05) is 26.0 Å². The summed E-state index contributed by atoms with van der Waals surface area (Å²) in [5.41, 5.74) is 5.09. The van der Waals surface area contributed by atoms with Crippen molar-refractivity contribution in [2.45, 2.75) is 13.8 Å². The largest absolute Gasteiger partial charge is 0.369 e. The lowest BCUT2D eigenvalue weighted by Crippen LogP contribution is -2.38. The van der Waals surface area contributed by atoms with Gasteiger partial charge in [0.2, 0.25) is 5.91 Å². The lowest BCUT2D eigenvalue weighted by molar-refractivity contribution is -0.123. The molecule has 0 heterocycles. The van der Waals surface area contributed by atoms with Crippen molar-refractivity contribution in [2.75, 3.05) is 0 Å². The van der Waals surface area contributed by atoms with Crippen molar-refractivity contribution in [3.8, 4) is 0 Å². The molecule has 2 heteroatoms. The zero-order chi connectivity index (χ0) is 7.07. The summed E-state index contributed by atoms with van der Waals surface area (Å²) in [5, 5.41) is 0. The van der Waals surface area contributed by atoms with Crippen molar-refractivity contribution in [2.24, 2.45) is 17.1 Å². The van der Waals surface area contributed by atoms with Crippen molar-refractivity contribution in [1.82, 2.24) is 0 Å². The summed E-state index contributed by atoms with van der Waals surface area (Å²) >= 11 is 0. The van der Waals surface area contributed by atoms with Gasteiger partial charge in [-0.05, 0) is 5.41 Å². The Morgan fingerprint density at radius 2 is 2.22 bits per heavy atom. The quantitative estimate of drug-likeness (QED) is 0.514. The Labute approximate surface area is 54.7 Å². The Kier molecular flexibility index (Phi) is 1.12. The number of carbonyl (C=O) groups excluding carboxylic acids is 1. The van der Waals surface area contributed by atoms with Gasteiger partial charge in [-0.1, -0.05) is 26.0 Å². The number of primary amides is 1. The van der Waals surface area contributed by atoms with Gasteiger partial charge < -0.3 is 5.73 Å². The van der Waals surface area contributed by atoms with Gasteiger partial charge in [0.15, 0.2) is 0 Å². The van der Waals surface area contributed by atoms with Crippen molar-refractivity contribution in [1.29, 1.82) is 0 Å². The third kappa shape index (κ3) is 0.846.